The molecule has 0 unspecified atom stereocenters. The molecule has 0 aromatic heterocycles. The van der Waals surface area contributed by atoms with Crippen LogP contribution in [-0.2, 0) is 0 Å². The molecule has 2 nitrogen and oxygen atoms in total. The molecule has 13 heavy (non-hydrogen) atoms. The highest BCUT2D eigenvalue weighted by atomic mass is 15.5. The number of nitrogens with one attached hydrogen (secondary N) is 1. The number of hydrogen-bond acceptors (Lipinski definition) is 2. The SMILES string of the molecule is C=CC[N+](CC=C)NCCCCC. The number of hydrogen-bond donors (Lipinski definition) is 1. The third kappa shape index (κ3) is 7.75. The Morgan fingerprint density at radius 3 is 2.23 bits per heavy atom. The first kappa shape index (κ1) is 12.4. The molecule has 0 aromatic rings. The van der Waals surface area contributed by atoms with Gasteiger partial charge in [0.2, 0.25) is 0 Å². The van der Waals surface area contributed by atoms with Crippen LogP contribution in [0.15, 0.2) is 25.3 Å². The molecule has 0 saturated heterocycles. The van der Waals surface area contributed by atoms with Gasteiger partial charge >= 0.3 is 0 Å². The van der Waals surface area contributed by atoms with E-state index in [2.05, 4.69) is 30.5 Å². The van der Waals surface area contributed by atoms with Gasteiger partial charge in [0.25, 0.3) is 0 Å². The number of unbranched alkanes of at least 4 members (excludes halogenated alkanes) is 2. The maximum atomic E-state index is 3.71. The number of rotatable bonds is 9. The molecule has 0 aliphatic heterocycles. The lowest BCUT2D eigenvalue weighted by molar-refractivity contribution is 0.358. The van der Waals surface area contributed by atoms with E-state index in [1.54, 1.807) is 0 Å². The zero-order valence-corrected chi connectivity index (χ0v) is 8.76. The minimum Gasteiger partial charge on any atom is -0.118 e. The van der Waals surface area contributed by atoms with Crippen molar-refractivity contribution in [3.05, 3.63) is 25.3 Å². The summed E-state index contributed by atoms with van der Waals surface area (Å²) in [5, 5.41) is 2.12. The molecular weight excluding hydrogens is 160 g/mol. The van der Waals surface area contributed by atoms with Crippen molar-refractivity contribution in [3.8, 4) is 0 Å². The molecule has 75 valence electrons. The summed E-state index contributed by atoms with van der Waals surface area (Å²) in [6, 6.07) is 0. The third-order valence-corrected chi connectivity index (χ3v) is 1.81. The van der Waals surface area contributed by atoms with Crippen molar-refractivity contribution in [2.24, 2.45) is 0 Å². The normalized spacial score (nSPS) is 10.3. The summed E-state index contributed by atoms with van der Waals surface area (Å²) in [7, 11) is 0. The summed E-state index contributed by atoms with van der Waals surface area (Å²) in [5.41, 5.74) is 3.35. The van der Waals surface area contributed by atoms with Gasteiger partial charge < -0.3 is 0 Å². The maximum Gasteiger partial charge on any atom is 0.163 e. The van der Waals surface area contributed by atoms with Crippen molar-refractivity contribution in [3.63, 3.8) is 0 Å². The van der Waals surface area contributed by atoms with E-state index in [0.29, 0.717) is 0 Å². The highest BCUT2D eigenvalue weighted by molar-refractivity contribution is 4.80. The van der Waals surface area contributed by atoms with Crippen molar-refractivity contribution in [1.29, 1.82) is 0 Å². The molecule has 1 radical (unpaired) electrons. The average Bonchev–Trinajstić information content (AvgIpc) is 2.13. The summed E-state index contributed by atoms with van der Waals surface area (Å²) in [5.74, 6) is 0. The van der Waals surface area contributed by atoms with Gasteiger partial charge in [-0.3, -0.25) is 0 Å². The Morgan fingerprint density at radius 2 is 1.77 bits per heavy atom. The lowest BCUT2D eigenvalue weighted by atomic mass is 10.2. The zero-order valence-electron chi connectivity index (χ0n) is 8.76. The fourth-order valence-electron chi connectivity index (χ4n) is 1.13. The first-order valence-corrected chi connectivity index (χ1v) is 5.05. The Hall–Kier alpha value is -0.600. The van der Waals surface area contributed by atoms with E-state index in [1.165, 1.54) is 19.3 Å². The average molecular weight is 182 g/mol. The van der Waals surface area contributed by atoms with Gasteiger partial charge in [0.15, 0.2) is 13.1 Å². The minimum absolute atomic E-state index is 0.873. The standard InChI is InChI=1S/C11H22N2/c1-4-7-8-9-12-13(10-5-2)11-6-3/h5-6,12H,2-4,7-11H2,1H3/q+1. The van der Waals surface area contributed by atoms with Crippen molar-refractivity contribution >= 4 is 0 Å². The van der Waals surface area contributed by atoms with Crippen LogP contribution in [0.4, 0.5) is 0 Å². The van der Waals surface area contributed by atoms with E-state index in [1.807, 2.05) is 12.2 Å². The van der Waals surface area contributed by atoms with E-state index in [0.717, 1.165) is 19.6 Å². The van der Waals surface area contributed by atoms with Crippen molar-refractivity contribution < 1.29 is 0 Å². The van der Waals surface area contributed by atoms with Crippen LogP contribution < -0.4 is 10.4 Å². The highest BCUT2D eigenvalue weighted by Gasteiger charge is 2.08. The molecule has 0 aromatic carbocycles. The first-order chi connectivity index (χ1) is 6.35. The lowest BCUT2D eigenvalue weighted by Crippen LogP contribution is -2.44. The predicted octanol–water partition coefficient (Wildman–Crippen LogP) is 2.19. The van der Waals surface area contributed by atoms with Crippen molar-refractivity contribution in [2.45, 2.75) is 26.2 Å². The molecule has 0 aliphatic carbocycles. The quantitative estimate of drug-likeness (QED) is 0.250. The summed E-state index contributed by atoms with van der Waals surface area (Å²) in [4.78, 5) is 0. The van der Waals surface area contributed by atoms with Crippen LogP contribution in [-0.4, -0.2) is 19.6 Å². The molecule has 1 N–H and O–H groups in total. The smallest absolute Gasteiger partial charge is 0.118 e. The monoisotopic (exact) mass is 182 g/mol. The molecule has 0 saturated carbocycles. The van der Waals surface area contributed by atoms with Crippen LogP contribution in [0.5, 0.6) is 0 Å². The predicted molar refractivity (Wildman–Crippen MR) is 59.8 cm³/mol. The molecule has 0 rings (SSSR count). The van der Waals surface area contributed by atoms with Gasteiger partial charge in [-0.25, -0.2) is 0 Å². The Balaban J connectivity index is 3.43. The fourth-order valence-corrected chi connectivity index (χ4v) is 1.13. The van der Waals surface area contributed by atoms with Gasteiger partial charge in [0.05, 0.1) is 0 Å². The Morgan fingerprint density at radius 1 is 1.15 bits per heavy atom. The molecule has 0 spiro atoms. The van der Waals surface area contributed by atoms with Crippen molar-refractivity contribution in [1.82, 2.24) is 10.4 Å². The number of hydrazine groups is 1. The van der Waals surface area contributed by atoms with Gasteiger partial charge in [-0.05, 0) is 18.6 Å². The topological polar surface area (TPSA) is 17.9 Å². The van der Waals surface area contributed by atoms with Crippen LogP contribution in [0.3, 0.4) is 0 Å². The summed E-state index contributed by atoms with van der Waals surface area (Å²) in [6.07, 6.45) is 7.60. The molecule has 0 bridgehead atoms. The fraction of sp³-hybridized carbons (Fsp3) is 0.636. The lowest BCUT2D eigenvalue weighted by Gasteiger charge is -2.08. The molecule has 0 fully saturated rings. The van der Waals surface area contributed by atoms with Gasteiger partial charge in [0, 0.05) is 6.54 Å². The molecule has 0 heterocycles. The molecule has 0 amide bonds. The zero-order chi connectivity index (χ0) is 9.94. The summed E-state index contributed by atoms with van der Waals surface area (Å²) in [6.45, 7) is 12.4. The second-order valence-corrected chi connectivity index (χ2v) is 3.10. The molecular formula is C11H22N2+. The van der Waals surface area contributed by atoms with Crippen LogP contribution >= 0.6 is 0 Å². The van der Waals surface area contributed by atoms with E-state index in [4.69, 9.17) is 0 Å². The Labute approximate surface area is 82.3 Å². The minimum atomic E-state index is 0.873. The third-order valence-electron chi connectivity index (χ3n) is 1.81. The van der Waals surface area contributed by atoms with Crippen molar-refractivity contribution in [2.75, 3.05) is 19.6 Å². The van der Waals surface area contributed by atoms with Crippen LogP contribution in [0.2, 0.25) is 0 Å². The van der Waals surface area contributed by atoms with E-state index in [-0.39, 0.29) is 0 Å². The Bertz CT molecular complexity index is 122. The molecule has 2 heteroatoms. The summed E-state index contributed by atoms with van der Waals surface area (Å²) >= 11 is 0. The number of nitrogens with zero attached hydrogens (tertiary/aromatic N) is 1. The summed E-state index contributed by atoms with van der Waals surface area (Å²) < 4.78 is 0. The Kier molecular flexibility index (Phi) is 9.05. The van der Waals surface area contributed by atoms with Crippen LogP contribution in [0, 0.1) is 0 Å². The highest BCUT2D eigenvalue weighted by Crippen LogP contribution is 1.91. The molecule has 0 atom stereocenters. The van der Waals surface area contributed by atoms with Gasteiger partial charge in [-0.15, -0.1) is 5.43 Å². The van der Waals surface area contributed by atoms with Gasteiger partial charge in [0.1, 0.15) is 0 Å². The first-order valence-electron chi connectivity index (χ1n) is 5.05. The second-order valence-electron chi connectivity index (χ2n) is 3.10. The van der Waals surface area contributed by atoms with E-state index < -0.39 is 0 Å². The van der Waals surface area contributed by atoms with Crippen LogP contribution in [0.1, 0.15) is 26.2 Å². The van der Waals surface area contributed by atoms with E-state index >= 15 is 0 Å². The second kappa shape index (κ2) is 9.49. The van der Waals surface area contributed by atoms with Gasteiger partial charge in [-0.2, -0.15) is 0 Å². The maximum absolute atomic E-state index is 3.71. The largest absolute Gasteiger partial charge is 0.163 e. The van der Waals surface area contributed by atoms with Crippen LogP contribution in [0.25, 0.3) is 0 Å². The molecule has 0 aliphatic rings. The van der Waals surface area contributed by atoms with E-state index in [9.17, 15) is 0 Å². The van der Waals surface area contributed by atoms with Gasteiger partial charge in [-0.1, -0.05) is 37.9 Å².